The summed E-state index contributed by atoms with van der Waals surface area (Å²) in [6.45, 7) is 3.49. The van der Waals surface area contributed by atoms with Crippen molar-refractivity contribution in [2.75, 3.05) is 11.1 Å². The summed E-state index contributed by atoms with van der Waals surface area (Å²) in [4.78, 5) is 17.2. The zero-order valence-corrected chi connectivity index (χ0v) is 20.1. The van der Waals surface area contributed by atoms with Crippen molar-refractivity contribution in [2.45, 2.75) is 9.79 Å². The molecule has 0 aliphatic heterocycles. The number of nitrogens with zero attached hydrogens (tertiary/aromatic N) is 1. The zero-order valence-electron chi connectivity index (χ0n) is 17.6. The Morgan fingerprint density at radius 2 is 1.71 bits per heavy atom. The van der Waals surface area contributed by atoms with Gasteiger partial charge < -0.3 is 5.32 Å². The summed E-state index contributed by atoms with van der Waals surface area (Å²) in [5.74, 6) is -1.18. The molecule has 0 aliphatic rings. The zero-order chi connectivity index (χ0) is 24.5. The second kappa shape index (κ2) is 9.11. The van der Waals surface area contributed by atoms with E-state index in [2.05, 4.69) is 16.9 Å². The van der Waals surface area contributed by atoms with Gasteiger partial charge in [-0.05, 0) is 36.4 Å². The lowest BCUT2D eigenvalue weighted by molar-refractivity contribution is 0.102. The Balaban J connectivity index is 1.81. The van der Waals surface area contributed by atoms with Crippen molar-refractivity contribution < 1.29 is 21.6 Å². The summed E-state index contributed by atoms with van der Waals surface area (Å²) in [7, 11) is -8.04. The maximum absolute atomic E-state index is 13.1. The molecule has 0 atom stereocenters. The minimum Gasteiger partial charge on any atom is -0.321 e. The first-order valence-electron chi connectivity index (χ1n) is 9.87. The van der Waals surface area contributed by atoms with E-state index in [9.17, 15) is 21.6 Å². The van der Waals surface area contributed by atoms with Crippen LogP contribution in [0.25, 0.3) is 20.8 Å². The smallest absolute Gasteiger partial charge is 0.257 e. The second-order valence-electron chi connectivity index (χ2n) is 7.26. The quantitative estimate of drug-likeness (QED) is 0.361. The van der Waals surface area contributed by atoms with Crippen LogP contribution in [-0.4, -0.2) is 33.5 Å². The van der Waals surface area contributed by atoms with E-state index in [1.807, 2.05) is 24.3 Å². The average molecular weight is 514 g/mol. The average Bonchev–Trinajstić information content (AvgIpc) is 3.22. The summed E-state index contributed by atoms with van der Waals surface area (Å²) in [5, 5.41) is 8.30. The minimum absolute atomic E-state index is 0.0580. The highest BCUT2D eigenvalue weighted by atomic mass is 32.2. The number of sulfone groups is 1. The van der Waals surface area contributed by atoms with Crippen molar-refractivity contribution >= 4 is 53.0 Å². The predicted octanol–water partition coefficient (Wildman–Crippen LogP) is 3.82. The molecule has 1 heterocycles. The SMILES string of the molecule is C=CCS(=O)(=O)c1cc(-c2nc3ccccc3s2)ccc1C(=O)Nc1ccccc1S(N)(=O)=O. The van der Waals surface area contributed by atoms with Gasteiger partial charge in [-0.25, -0.2) is 27.0 Å². The number of aromatic nitrogens is 1. The topological polar surface area (TPSA) is 136 Å². The number of benzene rings is 3. The first-order valence-corrected chi connectivity index (χ1v) is 13.9. The van der Waals surface area contributed by atoms with Crippen molar-refractivity contribution in [1.29, 1.82) is 0 Å². The molecule has 8 nitrogen and oxygen atoms in total. The van der Waals surface area contributed by atoms with Crippen LogP contribution < -0.4 is 10.5 Å². The fourth-order valence-corrected chi connectivity index (χ4v) is 6.30. The number of carbonyl (C=O) groups is 1. The van der Waals surface area contributed by atoms with E-state index in [0.717, 1.165) is 10.2 Å². The van der Waals surface area contributed by atoms with Gasteiger partial charge >= 0.3 is 0 Å². The Labute approximate surface area is 200 Å². The third kappa shape index (κ3) is 4.77. The number of hydrogen-bond donors (Lipinski definition) is 2. The van der Waals surface area contributed by atoms with Gasteiger partial charge in [-0.1, -0.05) is 36.4 Å². The maximum Gasteiger partial charge on any atom is 0.257 e. The Hall–Kier alpha value is -3.38. The van der Waals surface area contributed by atoms with Gasteiger partial charge in [0, 0.05) is 5.56 Å². The van der Waals surface area contributed by atoms with Crippen LogP contribution >= 0.6 is 11.3 Å². The minimum atomic E-state index is -4.12. The highest BCUT2D eigenvalue weighted by Crippen LogP contribution is 2.33. The lowest BCUT2D eigenvalue weighted by atomic mass is 10.1. The van der Waals surface area contributed by atoms with Gasteiger partial charge in [0.1, 0.15) is 9.90 Å². The van der Waals surface area contributed by atoms with E-state index in [1.165, 1.54) is 53.8 Å². The third-order valence-electron chi connectivity index (χ3n) is 4.88. The number of hydrogen-bond acceptors (Lipinski definition) is 7. The van der Waals surface area contributed by atoms with E-state index in [0.29, 0.717) is 10.6 Å². The molecular weight excluding hydrogens is 494 g/mol. The van der Waals surface area contributed by atoms with E-state index < -0.39 is 25.8 Å². The van der Waals surface area contributed by atoms with Gasteiger partial charge in [0.2, 0.25) is 10.0 Å². The number of para-hydroxylation sites is 2. The highest BCUT2D eigenvalue weighted by Gasteiger charge is 2.24. The van der Waals surface area contributed by atoms with Gasteiger partial charge in [-0.2, -0.15) is 0 Å². The second-order valence-corrected chi connectivity index (χ2v) is 11.8. The Morgan fingerprint density at radius 3 is 2.41 bits per heavy atom. The molecular formula is C23H19N3O5S3. The van der Waals surface area contributed by atoms with Crippen LogP contribution in [-0.2, 0) is 19.9 Å². The van der Waals surface area contributed by atoms with Crippen molar-refractivity contribution in [1.82, 2.24) is 4.98 Å². The van der Waals surface area contributed by atoms with E-state index in [-0.39, 0.29) is 26.8 Å². The molecule has 0 unspecified atom stereocenters. The molecule has 1 amide bonds. The highest BCUT2D eigenvalue weighted by molar-refractivity contribution is 7.91. The standard InChI is InChI=1S/C23H19N3O5S3/c1-2-13-33(28,29)21-14-15(23-26-17-7-3-5-9-19(17)32-23)11-12-16(21)22(27)25-18-8-4-6-10-20(18)34(24,30)31/h2-12,14H,1,13H2,(H,25,27)(H2,24,30,31). The number of rotatable bonds is 7. The van der Waals surface area contributed by atoms with Gasteiger partial charge in [-0.3, -0.25) is 4.79 Å². The third-order valence-corrected chi connectivity index (χ3v) is 8.62. The summed E-state index contributed by atoms with van der Waals surface area (Å²) >= 11 is 1.40. The number of primary sulfonamides is 1. The number of nitrogens with two attached hydrogens (primary N) is 1. The van der Waals surface area contributed by atoms with Crippen LogP contribution in [0.3, 0.4) is 0 Å². The number of anilines is 1. The predicted molar refractivity (Wildman–Crippen MR) is 133 cm³/mol. The van der Waals surface area contributed by atoms with E-state index >= 15 is 0 Å². The summed E-state index contributed by atoms with van der Waals surface area (Å²) < 4.78 is 50.7. The van der Waals surface area contributed by atoms with Crippen molar-refractivity contribution in [3.8, 4) is 10.6 Å². The van der Waals surface area contributed by atoms with Crippen LogP contribution in [0.2, 0.25) is 0 Å². The number of fused-ring (bicyclic) bond motifs is 1. The van der Waals surface area contributed by atoms with Crippen molar-refractivity contribution in [3.63, 3.8) is 0 Å². The number of nitrogens with one attached hydrogen (secondary N) is 1. The molecule has 11 heteroatoms. The van der Waals surface area contributed by atoms with Crippen molar-refractivity contribution in [3.05, 3.63) is 84.9 Å². The Bertz CT molecular complexity index is 1610. The number of thiazole rings is 1. The first-order chi connectivity index (χ1) is 16.1. The Morgan fingerprint density at radius 1 is 1.00 bits per heavy atom. The molecule has 0 saturated carbocycles. The van der Waals surface area contributed by atoms with Gasteiger partial charge in [-0.15, -0.1) is 17.9 Å². The molecule has 0 fully saturated rings. The molecule has 4 rings (SSSR count). The summed E-state index contributed by atoms with van der Waals surface area (Å²) in [6.07, 6.45) is 1.23. The van der Waals surface area contributed by atoms with Crippen LogP contribution in [0, 0.1) is 0 Å². The Kier molecular flexibility index (Phi) is 6.36. The van der Waals surface area contributed by atoms with Crippen molar-refractivity contribution in [2.24, 2.45) is 5.14 Å². The van der Waals surface area contributed by atoms with Crippen LogP contribution in [0.15, 0.2) is 89.2 Å². The molecule has 0 bridgehead atoms. The summed E-state index contributed by atoms with van der Waals surface area (Å²) in [5.41, 5.74) is 1.11. The number of carbonyl (C=O) groups excluding carboxylic acids is 1. The molecule has 3 aromatic carbocycles. The van der Waals surface area contributed by atoms with Crippen LogP contribution in [0.4, 0.5) is 5.69 Å². The lowest BCUT2D eigenvalue weighted by Crippen LogP contribution is -2.20. The molecule has 1 aromatic heterocycles. The van der Waals surface area contributed by atoms with Crippen LogP contribution in [0.1, 0.15) is 10.4 Å². The molecule has 0 saturated heterocycles. The molecule has 0 radical (unpaired) electrons. The van der Waals surface area contributed by atoms with Gasteiger partial charge in [0.05, 0.1) is 32.1 Å². The van der Waals surface area contributed by atoms with Gasteiger partial charge in [0.15, 0.2) is 9.84 Å². The maximum atomic E-state index is 13.1. The molecule has 0 aliphatic carbocycles. The summed E-state index contributed by atoms with van der Waals surface area (Å²) in [6, 6.07) is 17.5. The fourth-order valence-electron chi connectivity index (χ4n) is 3.35. The molecule has 0 spiro atoms. The monoisotopic (exact) mass is 513 g/mol. The van der Waals surface area contributed by atoms with Gasteiger partial charge in [0.25, 0.3) is 5.91 Å². The molecule has 174 valence electrons. The van der Waals surface area contributed by atoms with Crippen LogP contribution in [0.5, 0.6) is 0 Å². The lowest BCUT2D eigenvalue weighted by Gasteiger charge is -2.13. The molecule has 4 aromatic rings. The number of sulfonamides is 1. The molecule has 34 heavy (non-hydrogen) atoms. The largest absolute Gasteiger partial charge is 0.321 e. The van der Waals surface area contributed by atoms with E-state index in [1.54, 1.807) is 6.07 Å². The molecule has 3 N–H and O–H groups in total. The number of amides is 1. The first kappa shape index (κ1) is 23.8. The normalized spacial score (nSPS) is 11.9. The fraction of sp³-hybridized carbons (Fsp3) is 0.0435. The van der Waals surface area contributed by atoms with E-state index in [4.69, 9.17) is 5.14 Å².